The van der Waals surface area contributed by atoms with Gasteiger partial charge in [0.1, 0.15) is 5.75 Å². The monoisotopic (exact) mass is 192 g/mol. The highest BCUT2D eigenvalue weighted by molar-refractivity contribution is 5.27. The number of methoxy groups -OCH3 is 1. The van der Waals surface area contributed by atoms with E-state index in [9.17, 15) is 5.11 Å². The molecule has 76 valence electrons. The van der Waals surface area contributed by atoms with E-state index in [1.807, 2.05) is 12.1 Å². The van der Waals surface area contributed by atoms with Crippen molar-refractivity contribution < 1.29 is 9.84 Å². The van der Waals surface area contributed by atoms with Crippen LogP contribution < -0.4 is 4.74 Å². The Hall–Kier alpha value is -1.02. The summed E-state index contributed by atoms with van der Waals surface area (Å²) in [6.45, 7) is 0. The molecule has 0 aromatic heterocycles. The molecule has 0 amide bonds. The SMILES string of the molecule is COc1ccc(CC2CCC2O)cc1. The van der Waals surface area contributed by atoms with Gasteiger partial charge in [0.2, 0.25) is 0 Å². The Morgan fingerprint density at radius 1 is 1.29 bits per heavy atom. The summed E-state index contributed by atoms with van der Waals surface area (Å²) < 4.78 is 5.09. The molecule has 1 N–H and O–H groups in total. The van der Waals surface area contributed by atoms with Crippen molar-refractivity contribution in [2.45, 2.75) is 25.4 Å². The largest absolute Gasteiger partial charge is 0.497 e. The average Bonchev–Trinajstić information content (AvgIpc) is 2.24. The molecule has 1 aromatic rings. The number of aliphatic hydroxyl groups excluding tert-OH is 1. The average molecular weight is 192 g/mol. The first kappa shape index (κ1) is 9.53. The van der Waals surface area contributed by atoms with Crippen LogP contribution in [0.25, 0.3) is 0 Å². The van der Waals surface area contributed by atoms with Crippen molar-refractivity contribution in [2.75, 3.05) is 7.11 Å². The third-order valence-corrected chi connectivity index (χ3v) is 3.03. The maximum Gasteiger partial charge on any atom is 0.118 e. The van der Waals surface area contributed by atoms with Crippen LogP contribution in [0.15, 0.2) is 24.3 Å². The number of ether oxygens (including phenoxy) is 1. The third kappa shape index (κ3) is 1.90. The highest BCUT2D eigenvalue weighted by Gasteiger charge is 2.28. The van der Waals surface area contributed by atoms with E-state index in [4.69, 9.17) is 4.74 Å². The summed E-state index contributed by atoms with van der Waals surface area (Å²) in [5.41, 5.74) is 1.29. The van der Waals surface area contributed by atoms with Crippen molar-refractivity contribution in [3.63, 3.8) is 0 Å². The van der Waals surface area contributed by atoms with Crippen molar-refractivity contribution in [3.05, 3.63) is 29.8 Å². The molecule has 2 atom stereocenters. The van der Waals surface area contributed by atoms with Crippen LogP contribution in [-0.4, -0.2) is 18.3 Å². The Labute approximate surface area is 84.5 Å². The predicted octanol–water partition coefficient (Wildman–Crippen LogP) is 2.01. The minimum Gasteiger partial charge on any atom is -0.497 e. The lowest BCUT2D eigenvalue weighted by Crippen LogP contribution is -2.32. The molecular weight excluding hydrogens is 176 g/mol. The Morgan fingerprint density at radius 3 is 2.43 bits per heavy atom. The molecule has 0 spiro atoms. The van der Waals surface area contributed by atoms with Crippen molar-refractivity contribution in [1.29, 1.82) is 0 Å². The highest BCUT2D eigenvalue weighted by Crippen LogP contribution is 2.30. The summed E-state index contributed by atoms with van der Waals surface area (Å²) in [6, 6.07) is 8.09. The molecule has 2 nitrogen and oxygen atoms in total. The molecule has 2 unspecified atom stereocenters. The molecule has 2 heteroatoms. The number of aliphatic hydroxyl groups is 1. The lowest BCUT2D eigenvalue weighted by Gasteiger charge is -2.32. The lowest BCUT2D eigenvalue weighted by atomic mass is 9.78. The number of benzene rings is 1. The van der Waals surface area contributed by atoms with Crippen LogP contribution in [0.5, 0.6) is 5.75 Å². The Kier molecular flexibility index (Phi) is 2.73. The molecule has 14 heavy (non-hydrogen) atoms. The van der Waals surface area contributed by atoms with Gasteiger partial charge in [-0.15, -0.1) is 0 Å². The van der Waals surface area contributed by atoms with E-state index < -0.39 is 0 Å². The molecule has 1 aliphatic rings. The maximum atomic E-state index is 9.45. The van der Waals surface area contributed by atoms with Crippen LogP contribution in [0.2, 0.25) is 0 Å². The first-order valence-electron chi connectivity index (χ1n) is 5.10. The molecule has 0 radical (unpaired) electrons. The molecule has 1 aliphatic carbocycles. The zero-order valence-corrected chi connectivity index (χ0v) is 8.44. The van der Waals surface area contributed by atoms with E-state index >= 15 is 0 Å². The fourth-order valence-corrected chi connectivity index (χ4v) is 1.85. The summed E-state index contributed by atoms with van der Waals surface area (Å²) >= 11 is 0. The normalized spacial score (nSPS) is 25.6. The first-order chi connectivity index (χ1) is 6.79. The number of hydrogen-bond acceptors (Lipinski definition) is 2. The van der Waals surface area contributed by atoms with E-state index in [1.54, 1.807) is 7.11 Å². The Balaban J connectivity index is 1.96. The second kappa shape index (κ2) is 4.01. The summed E-state index contributed by atoms with van der Waals surface area (Å²) in [5.74, 6) is 1.37. The number of hydrogen-bond donors (Lipinski definition) is 1. The van der Waals surface area contributed by atoms with Crippen LogP contribution in [0.3, 0.4) is 0 Å². The molecule has 1 fully saturated rings. The smallest absolute Gasteiger partial charge is 0.118 e. The minimum absolute atomic E-state index is 0.0721. The minimum atomic E-state index is -0.0721. The molecule has 0 heterocycles. The van der Waals surface area contributed by atoms with Crippen LogP contribution >= 0.6 is 0 Å². The van der Waals surface area contributed by atoms with Gasteiger partial charge in [0.15, 0.2) is 0 Å². The van der Waals surface area contributed by atoms with Gasteiger partial charge in [0.25, 0.3) is 0 Å². The third-order valence-electron chi connectivity index (χ3n) is 3.03. The molecular formula is C12H16O2. The summed E-state index contributed by atoms with van der Waals surface area (Å²) in [7, 11) is 1.67. The summed E-state index contributed by atoms with van der Waals surface area (Å²) in [4.78, 5) is 0. The van der Waals surface area contributed by atoms with Gasteiger partial charge in [-0.1, -0.05) is 12.1 Å². The van der Waals surface area contributed by atoms with Crippen LogP contribution in [-0.2, 0) is 6.42 Å². The van der Waals surface area contributed by atoms with E-state index in [2.05, 4.69) is 12.1 Å². The highest BCUT2D eigenvalue weighted by atomic mass is 16.5. The van der Waals surface area contributed by atoms with Gasteiger partial charge < -0.3 is 9.84 Å². The molecule has 0 saturated heterocycles. The van der Waals surface area contributed by atoms with Crippen molar-refractivity contribution in [3.8, 4) is 5.75 Å². The van der Waals surface area contributed by atoms with Crippen LogP contribution in [0, 0.1) is 5.92 Å². The van der Waals surface area contributed by atoms with Gasteiger partial charge in [-0.25, -0.2) is 0 Å². The van der Waals surface area contributed by atoms with Crippen LogP contribution in [0.1, 0.15) is 18.4 Å². The summed E-state index contributed by atoms with van der Waals surface area (Å²) in [6.07, 6.45) is 3.05. The Morgan fingerprint density at radius 2 is 2.00 bits per heavy atom. The molecule has 1 aromatic carbocycles. The van der Waals surface area contributed by atoms with Gasteiger partial charge in [0, 0.05) is 0 Å². The van der Waals surface area contributed by atoms with Gasteiger partial charge >= 0.3 is 0 Å². The molecule has 2 rings (SSSR count). The van der Waals surface area contributed by atoms with E-state index in [-0.39, 0.29) is 6.10 Å². The van der Waals surface area contributed by atoms with E-state index in [0.717, 1.165) is 25.0 Å². The van der Waals surface area contributed by atoms with E-state index in [0.29, 0.717) is 5.92 Å². The van der Waals surface area contributed by atoms with Crippen molar-refractivity contribution >= 4 is 0 Å². The van der Waals surface area contributed by atoms with Crippen LogP contribution in [0.4, 0.5) is 0 Å². The lowest BCUT2D eigenvalue weighted by molar-refractivity contribution is 0.0244. The number of rotatable bonds is 3. The van der Waals surface area contributed by atoms with Gasteiger partial charge in [0.05, 0.1) is 13.2 Å². The second-order valence-electron chi connectivity index (χ2n) is 3.96. The molecule has 0 bridgehead atoms. The van der Waals surface area contributed by atoms with E-state index in [1.165, 1.54) is 5.56 Å². The van der Waals surface area contributed by atoms with Crippen molar-refractivity contribution in [1.82, 2.24) is 0 Å². The van der Waals surface area contributed by atoms with Gasteiger partial charge in [-0.05, 0) is 42.9 Å². The second-order valence-corrected chi connectivity index (χ2v) is 3.96. The molecule has 0 aliphatic heterocycles. The van der Waals surface area contributed by atoms with Gasteiger partial charge in [-0.3, -0.25) is 0 Å². The standard InChI is InChI=1S/C12H16O2/c1-14-11-5-2-9(3-6-11)8-10-4-7-12(10)13/h2-3,5-6,10,12-13H,4,7-8H2,1H3. The zero-order valence-electron chi connectivity index (χ0n) is 8.44. The Bertz CT molecular complexity index is 292. The quantitative estimate of drug-likeness (QED) is 0.793. The maximum absolute atomic E-state index is 9.45. The molecule has 1 saturated carbocycles. The fourth-order valence-electron chi connectivity index (χ4n) is 1.85. The zero-order chi connectivity index (χ0) is 9.97. The summed E-state index contributed by atoms with van der Waals surface area (Å²) in [5, 5.41) is 9.45. The van der Waals surface area contributed by atoms with Gasteiger partial charge in [-0.2, -0.15) is 0 Å². The predicted molar refractivity (Wildman–Crippen MR) is 55.4 cm³/mol. The topological polar surface area (TPSA) is 29.5 Å². The van der Waals surface area contributed by atoms with Crippen molar-refractivity contribution in [2.24, 2.45) is 5.92 Å². The fraction of sp³-hybridized carbons (Fsp3) is 0.500. The first-order valence-corrected chi connectivity index (χ1v) is 5.10.